The second kappa shape index (κ2) is 6.16. The molecule has 3 amide bonds. The Balaban J connectivity index is 1.78. The van der Waals surface area contributed by atoms with Crippen LogP contribution in [0.3, 0.4) is 0 Å². The van der Waals surface area contributed by atoms with Crippen LogP contribution in [0.1, 0.15) is 31.2 Å². The second-order valence-corrected chi connectivity index (χ2v) is 6.40. The molecule has 1 aromatic rings. The number of halogens is 1. The van der Waals surface area contributed by atoms with Gasteiger partial charge in [0, 0.05) is 6.04 Å². The maximum Gasteiger partial charge on any atom is 0.322 e. The maximum absolute atomic E-state index is 12.6. The quantitative estimate of drug-likeness (QED) is 0.835. The van der Waals surface area contributed by atoms with Gasteiger partial charge in [0.1, 0.15) is 6.54 Å². The molecule has 0 aromatic heterocycles. The van der Waals surface area contributed by atoms with Crippen LogP contribution in [0.15, 0.2) is 18.2 Å². The van der Waals surface area contributed by atoms with Crippen molar-refractivity contribution < 1.29 is 9.59 Å². The topological polar surface area (TPSA) is 61.4 Å². The van der Waals surface area contributed by atoms with Gasteiger partial charge in [-0.1, -0.05) is 36.6 Å². The number of hydrogen-bond acceptors (Lipinski definition) is 2. The Hall–Kier alpha value is -1.75. The first-order chi connectivity index (χ1) is 10.6. The molecule has 0 unspecified atom stereocenters. The van der Waals surface area contributed by atoms with E-state index in [1.807, 2.05) is 19.1 Å². The molecule has 0 bridgehead atoms. The molecule has 0 radical (unpaired) electrons. The number of piperazine rings is 1. The fraction of sp³-hybridized carbons (Fsp3) is 0.500. The lowest BCUT2D eigenvalue weighted by atomic mass is 9.87. The van der Waals surface area contributed by atoms with Crippen LogP contribution >= 0.6 is 11.6 Å². The maximum atomic E-state index is 12.6. The molecule has 1 heterocycles. The smallest absolute Gasteiger partial charge is 0.322 e. The van der Waals surface area contributed by atoms with Crippen molar-refractivity contribution in [2.75, 3.05) is 11.9 Å². The number of carbonyl (C=O) groups excluding carboxylic acids is 2. The van der Waals surface area contributed by atoms with Crippen molar-refractivity contribution in [3.05, 3.63) is 28.8 Å². The number of amides is 3. The van der Waals surface area contributed by atoms with E-state index in [0.717, 1.165) is 31.2 Å². The minimum atomic E-state index is -0.251. The summed E-state index contributed by atoms with van der Waals surface area (Å²) < 4.78 is 0. The predicted octanol–water partition coefficient (Wildman–Crippen LogP) is 2.92. The highest BCUT2D eigenvalue weighted by Crippen LogP contribution is 2.28. The molecule has 6 heteroatoms. The Morgan fingerprint density at radius 2 is 2.14 bits per heavy atom. The number of hydrogen-bond donors (Lipinski definition) is 2. The van der Waals surface area contributed by atoms with Crippen molar-refractivity contribution in [2.45, 2.75) is 44.7 Å². The summed E-state index contributed by atoms with van der Waals surface area (Å²) in [5, 5.41) is 6.39. The van der Waals surface area contributed by atoms with E-state index in [0.29, 0.717) is 10.7 Å². The van der Waals surface area contributed by atoms with Crippen LogP contribution in [0.5, 0.6) is 0 Å². The van der Waals surface area contributed by atoms with E-state index in [9.17, 15) is 9.59 Å². The molecular formula is C16H20ClN3O2. The number of nitrogens with zero attached hydrogens (tertiary/aromatic N) is 1. The predicted molar refractivity (Wildman–Crippen MR) is 86.1 cm³/mol. The molecule has 0 spiro atoms. The van der Waals surface area contributed by atoms with Gasteiger partial charge in [0.2, 0.25) is 5.91 Å². The van der Waals surface area contributed by atoms with Crippen LogP contribution in [0.25, 0.3) is 0 Å². The minimum Gasteiger partial charge on any atom is -0.350 e. The summed E-state index contributed by atoms with van der Waals surface area (Å²) in [7, 11) is 0. The highest BCUT2D eigenvalue weighted by atomic mass is 35.5. The molecular weight excluding hydrogens is 302 g/mol. The molecule has 3 rings (SSSR count). The molecule has 22 heavy (non-hydrogen) atoms. The number of benzene rings is 1. The van der Waals surface area contributed by atoms with Gasteiger partial charge in [-0.3, -0.25) is 4.79 Å². The summed E-state index contributed by atoms with van der Waals surface area (Å²) in [6.07, 6.45) is 4.05. The molecule has 2 atom stereocenters. The van der Waals surface area contributed by atoms with Crippen molar-refractivity contribution in [3.63, 3.8) is 0 Å². The van der Waals surface area contributed by atoms with Crippen LogP contribution in [0, 0.1) is 6.92 Å². The van der Waals surface area contributed by atoms with Gasteiger partial charge in [0.25, 0.3) is 0 Å². The number of carbonyl (C=O) groups is 2. The number of fused-ring (bicyclic) bond motifs is 1. The molecule has 1 aliphatic heterocycles. The van der Waals surface area contributed by atoms with Crippen molar-refractivity contribution in [1.82, 2.24) is 10.2 Å². The standard InChI is InChI=1S/C16H20ClN3O2/c1-10-5-4-7-12(15(10)17)19-16(22)20-9-14(21)18-11-6-2-3-8-13(11)20/h4-5,7,11,13H,2-3,6,8-9H2,1H3,(H,18,21)(H,19,22)/t11-,13+/m0/s1. The van der Waals surface area contributed by atoms with Gasteiger partial charge in [-0.25, -0.2) is 4.79 Å². The Bertz CT molecular complexity index is 605. The Labute approximate surface area is 135 Å². The number of anilines is 1. The summed E-state index contributed by atoms with van der Waals surface area (Å²) in [5.41, 5.74) is 1.50. The van der Waals surface area contributed by atoms with Crippen LogP contribution in [-0.4, -0.2) is 35.5 Å². The van der Waals surface area contributed by atoms with Crippen LogP contribution < -0.4 is 10.6 Å². The van der Waals surface area contributed by atoms with Crippen LogP contribution in [-0.2, 0) is 4.79 Å². The molecule has 1 saturated heterocycles. The summed E-state index contributed by atoms with van der Waals surface area (Å²) in [4.78, 5) is 26.1. The lowest BCUT2D eigenvalue weighted by Gasteiger charge is -2.43. The monoisotopic (exact) mass is 321 g/mol. The number of rotatable bonds is 1. The Morgan fingerprint density at radius 1 is 1.36 bits per heavy atom. The third-order valence-corrected chi connectivity index (χ3v) is 4.99. The molecule has 2 aliphatic rings. The van der Waals surface area contributed by atoms with Crippen molar-refractivity contribution >= 4 is 29.2 Å². The zero-order valence-electron chi connectivity index (χ0n) is 12.6. The zero-order chi connectivity index (χ0) is 15.7. The first-order valence-electron chi connectivity index (χ1n) is 7.68. The van der Waals surface area contributed by atoms with E-state index in [1.54, 1.807) is 11.0 Å². The van der Waals surface area contributed by atoms with Crippen LogP contribution in [0.2, 0.25) is 5.02 Å². The number of aryl methyl sites for hydroxylation is 1. The lowest BCUT2D eigenvalue weighted by molar-refractivity contribution is -0.126. The van der Waals surface area contributed by atoms with Crippen LogP contribution in [0.4, 0.5) is 10.5 Å². The Morgan fingerprint density at radius 3 is 2.95 bits per heavy atom. The number of urea groups is 1. The van der Waals surface area contributed by atoms with Gasteiger partial charge in [-0.05, 0) is 31.4 Å². The molecule has 1 aliphatic carbocycles. The second-order valence-electron chi connectivity index (χ2n) is 6.02. The Kier molecular flexibility index (Phi) is 4.25. The average Bonchev–Trinajstić information content (AvgIpc) is 2.51. The van der Waals surface area contributed by atoms with Crippen molar-refractivity contribution in [3.8, 4) is 0 Å². The van der Waals surface area contributed by atoms with Gasteiger partial charge in [0.15, 0.2) is 0 Å². The van der Waals surface area contributed by atoms with Crippen molar-refractivity contribution in [1.29, 1.82) is 0 Å². The summed E-state index contributed by atoms with van der Waals surface area (Å²) in [6.45, 7) is 2.00. The molecule has 1 aromatic carbocycles. The minimum absolute atomic E-state index is 0.0775. The molecule has 2 fully saturated rings. The highest BCUT2D eigenvalue weighted by molar-refractivity contribution is 6.34. The van der Waals surface area contributed by atoms with Gasteiger partial charge >= 0.3 is 6.03 Å². The highest BCUT2D eigenvalue weighted by Gasteiger charge is 2.38. The van der Waals surface area contributed by atoms with Gasteiger partial charge < -0.3 is 15.5 Å². The SMILES string of the molecule is Cc1cccc(NC(=O)N2CC(=O)N[C@H]3CCCC[C@H]32)c1Cl. The lowest BCUT2D eigenvalue weighted by Crippen LogP contribution is -2.63. The zero-order valence-corrected chi connectivity index (χ0v) is 13.3. The third-order valence-electron chi connectivity index (χ3n) is 4.48. The normalized spacial score (nSPS) is 24.5. The van der Waals surface area contributed by atoms with E-state index in [2.05, 4.69) is 10.6 Å². The summed E-state index contributed by atoms with van der Waals surface area (Å²) in [6, 6.07) is 5.42. The van der Waals surface area contributed by atoms with E-state index in [1.165, 1.54) is 0 Å². The van der Waals surface area contributed by atoms with E-state index >= 15 is 0 Å². The molecule has 5 nitrogen and oxygen atoms in total. The van der Waals surface area contributed by atoms with E-state index in [4.69, 9.17) is 11.6 Å². The fourth-order valence-corrected chi connectivity index (χ4v) is 3.50. The summed E-state index contributed by atoms with van der Waals surface area (Å²) >= 11 is 6.23. The first kappa shape index (κ1) is 15.2. The van der Waals surface area contributed by atoms with E-state index in [-0.39, 0.29) is 30.6 Å². The van der Waals surface area contributed by atoms with Gasteiger partial charge in [0.05, 0.1) is 16.8 Å². The van der Waals surface area contributed by atoms with Gasteiger partial charge in [-0.2, -0.15) is 0 Å². The molecule has 2 N–H and O–H groups in total. The molecule has 1 saturated carbocycles. The fourth-order valence-electron chi connectivity index (χ4n) is 3.33. The first-order valence-corrected chi connectivity index (χ1v) is 8.06. The van der Waals surface area contributed by atoms with E-state index < -0.39 is 0 Å². The largest absolute Gasteiger partial charge is 0.350 e. The summed E-state index contributed by atoms with van der Waals surface area (Å²) in [5.74, 6) is -0.0892. The van der Waals surface area contributed by atoms with Crippen molar-refractivity contribution in [2.24, 2.45) is 0 Å². The number of nitrogens with one attached hydrogen (secondary N) is 2. The molecule has 118 valence electrons. The van der Waals surface area contributed by atoms with Gasteiger partial charge in [-0.15, -0.1) is 0 Å². The third kappa shape index (κ3) is 2.90. The average molecular weight is 322 g/mol.